The number of aliphatic imine (C=N–C) groups is 1. The Labute approximate surface area is 144 Å². The van der Waals surface area contributed by atoms with E-state index in [0.717, 1.165) is 10.8 Å². The molecule has 1 heterocycles. The zero-order valence-electron chi connectivity index (χ0n) is 13.6. The van der Waals surface area contributed by atoms with Gasteiger partial charge in [-0.1, -0.05) is 48.5 Å². The highest BCUT2D eigenvalue weighted by Gasteiger charge is 2.12. The van der Waals surface area contributed by atoms with E-state index in [4.69, 9.17) is 4.98 Å². The molecular formula is C20H17N3S. The van der Waals surface area contributed by atoms with E-state index in [1.807, 2.05) is 19.0 Å². The summed E-state index contributed by atoms with van der Waals surface area (Å²) in [5, 5.41) is 7.79. The number of fused-ring (bicyclic) bond motifs is 2. The van der Waals surface area contributed by atoms with Crippen LogP contribution in [0.3, 0.4) is 0 Å². The highest BCUT2D eigenvalue weighted by atomic mass is 32.1. The smallest absolute Gasteiger partial charge is 0.211 e. The lowest BCUT2D eigenvalue weighted by Gasteiger charge is -2.09. The normalized spacial score (nSPS) is 11.6. The van der Waals surface area contributed by atoms with Crippen LogP contribution in [0, 0.1) is 0 Å². The highest BCUT2D eigenvalue weighted by molar-refractivity contribution is 7.13. The molecule has 4 aromatic rings. The van der Waals surface area contributed by atoms with Gasteiger partial charge in [0.1, 0.15) is 0 Å². The Morgan fingerprint density at radius 3 is 2.21 bits per heavy atom. The fourth-order valence-electron chi connectivity index (χ4n) is 2.89. The maximum absolute atomic E-state index is 4.75. The van der Waals surface area contributed by atoms with Crippen LogP contribution in [0.5, 0.6) is 0 Å². The van der Waals surface area contributed by atoms with Gasteiger partial charge >= 0.3 is 0 Å². The molecule has 3 aromatic carbocycles. The zero-order valence-corrected chi connectivity index (χ0v) is 14.4. The van der Waals surface area contributed by atoms with E-state index in [9.17, 15) is 0 Å². The predicted octanol–water partition coefficient (Wildman–Crippen LogP) is 5.34. The summed E-state index contributed by atoms with van der Waals surface area (Å²) in [7, 11) is 3.91. The van der Waals surface area contributed by atoms with Crippen LogP contribution in [0.1, 0.15) is 0 Å². The first-order chi connectivity index (χ1) is 11.7. The Bertz CT molecular complexity index is 993. The van der Waals surface area contributed by atoms with E-state index in [1.54, 1.807) is 17.7 Å². The molecule has 0 spiro atoms. The number of thiazole rings is 1. The molecule has 0 saturated carbocycles. The van der Waals surface area contributed by atoms with Crippen LogP contribution in [-0.4, -0.2) is 30.3 Å². The number of aromatic nitrogens is 1. The molecule has 0 aliphatic rings. The topological polar surface area (TPSA) is 28.5 Å². The second kappa shape index (κ2) is 6.06. The minimum absolute atomic E-state index is 0.774. The molecule has 0 amide bonds. The Kier molecular flexibility index (Phi) is 3.75. The Balaban J connectivity index is 1.97. The minimum Gasteiger partial charge on any atom is -0.369 e. The van der Waals surface area contributed by atoms with Crippen LogP contribution in [-0.2, 0) is 0 Å². The largest absolute Gasteiger partial charge is 0.369 e. The van der Waals surface area contributed by atoms with Gasteiger partial charge in [-0.3, -0.25) is 0 Å². The maximum Gasteiger partial charge on any atom is 0.211 e. The van der Waals surface area contributed by atoms with Crippen molar-refractivity contribution in [3.05, 3.63) is 60.0 Å². The molecule has 0 aliphatic heterocycles. The van der Waals surface area contributed by atoms with Crippen molar-refractivity contribution in [3.63, 3.8) is 0 Å². The van der Waals surface area contributed by atoms with E-state index in [-0.39, 0.29) is 0 Å². The van der Waals surface area contributed by atoms with Gasteiger partial charge in [-0.05, 0) is 27.6 Å². The Morgan fingerprint density at radius 2 is 1.58 bits per heavy atom. The van der Waals surface area contributed by atoms with Crippen LogP contribution in [0.15, 0.2) is 65.0 Å². The van der Waals surface area contributed by atoms with Gasteiger partial charge in [-0.25, -0.2) is 9.98 Å². The molecule has 1 aromatic heterocycles. The molecule has 3 nitrogen and oxygen atoms in total. The van der Waals surface area contributed by atoms with Crippen LogP contribution >= 0.6 is 11.3 Å². The average Bonchev–Trinajstić information content (AvgIpc) is 3.06. The molecule has 0 unspecified atom stereocenters. The summed E-state index contributed by atoms with van der Waals surface area (Å²) in [5.74, 6) is 0. The number of hydrogen-bond acceptors (Lipinski definition) is 3. The number of nitrogens with zero attached hydrogens (tertiary/aromatic N) is 3. The SMILES string of the molecule is CN(C)C=Nc1nc(-c2c3ccccc3cc3ccccc23)cs1. The molecule has 0 aliphatic carbocycles. The molecule has 4 heteroatoms. The predicted molar refractivity (Wildman–Crippen MR) is 104 cm³/mol. The third-order valence-corrected chi connectivity index (χ3v) is 4.67. The van der Waals surface area contributed by atoms with Crippen molar-refractivity contribution in [1.29, 1.82) is 0 Å². The van der Waals surface area contributed by atoms with E-state index in [0.29, 0.717) is 0 Å². The van der Waals surface area contributed by atoms with E-state index >= 15 is 0 Å². The molecule has 0 saturated heterocycles. The first-order valence-electron chi connectivity index (χ1n) is 7.79. The Hall–Kier alpha value is -2.72. The van der Waals surface area contributed by atoms with Gasteiger partial charge in [0.05, 0.1) is 12.0 Å². The van der Waals surface area contributed by atoms with Gasteiger partial charge in [-0.15, -0.1) is 11.3 Å². The van der Waals surface area contributed by atoms with Crippen molar-refractivity contribution >= 4 is 44.4 Å². The second-order valence-electron chi connectivity index (χ2n) is 5.92. The number of benzene rings is 3. The summed E-state index contributed by atoms with van der Waals surface area (Å²) in [6, 6.07) is 19.2. The second-order valence-corrected chi connectivity index (χ2v) is 6.75. The fraction of sp³-hybridized carbons (Fsp3) is 0.100. The summed E-state index contributed by atoms with van der Waals surface area (Å²) in [5.41, 5.74) is 2.17. The van der Waals surface area contributed by atoms with Crippen molar-refractivity contribution in [1.82, 2.24) is 9.88 Å². The zero-order chi connectivity index (χ0) is 16.5. The quantitative estimate of drug-likeness (QED) is 0.288. The van der Waals surface area contributed by atoms with Gasteiger partial charge in [0, 0.05) is 25.0 Å². The standard InChI is InChI=1S/C20H17N3S/c1-23(2)13-21-20-22-18(12-24-20)19-16-9-5-3-7-14(16)11-15-8-4-6-10-17(15)19/h3-13H,1-2H3. The van der Waals surface area contributed by atoms with Crippen molar-refractivity contribution < 1.29 is 0 Å². The van der Waals surface area contributed by atoms with Crippen LogP contribution < -0.4 is 0 Å². The molecule has 24 heavy (non-hydrogen) atoms. The first kappa shape index (κ1) is 14.8. The van der Waals surface area contributed by atoms with Gasteiger partial charge in [0.25, 0.3) is 0 Å². The van der Waals surface area contributed by atoms with Crippen LogP contribution in [0.25, 0.3) is 32.8 Å². The molecule has 118 valence electrons. The minimum atomic E-state index is 0.774. The number of rotatable bonds is 3. The van der Waals surface area contributed by atoms with Crippen molar-refractivity contribution in [2.24, 2.45) is 4.99 Å². The summed E-state index contributed by atoms with van der Waals surface area (Å²) in [4.78, 5) is 11.1. The molecular weight excluding hydrogens is 314 g/mol. The first-order valence-corrected chi connectivity index (χ1v) is 8.67. The monoisotopic (exact) mass is 331 g/mol. The lowest BCUT2D eigenvalue weighted by atomic mass is 9.95. The fourth-order valence-corrected chi connectivity index (χ4v) is 3.54. The highest BCUT2D eigenvalue weighted by Crippen LogP contribution is 2.37. The van der Waals surface area contributed by atoms with Gasteiger partial charge in [0.2, 0.25) is 5.13 Å². The Morgan fingerprint density at radius 1 is 0.958 bits per heavy atom. The molecule has 0 atom stereocenters. The van der Waals surface area contributed by atoms with E-state index in [1.165, 1.54) is 27.1 Å². The lowest BCUT2D eigenvalue weighted by molar-refractivity contribution is 0.643. The number of hydrogen-bond donors (Lipinski definition) is 0. The van der Waals surface area contributed by atoms with Gasteiger partial charge in [-0.2, -0.15) is 0 Å². The average molecular weight is 331 g/mol. The summed E-state index contributed by atoms with van der Waals surface area (Å²) < 4.78 is 0. The van der Waals surface area contributed by atoms with Crippen molar-refractivity contribution in [2.45, 2.75) is 0 Å². The molecule has 0 fully saturated rings. The lowest BCUT2D eigenvalue weighted by Crippen LogP contribution is -2.06. The summed E-state index contributed by atoms with van der Waals surface area (Å²) in [6.45, 7) is 0. The van der Waals surface area contributed by atoms with Gasteiger partial charge < -0.3 is 4.90 Å². The summed E-state index contributed by atoms with van der Waals surface area (Å²) in [6.07, 6.45) is 1.78. The van der Waals surface area contributed by atoms with E-state index < -0.39 is 0 Å². The third-order valence-electron chi connectivity index (χ3n) is 3.92. The molecule has 0 N–H and O–H groups in total. The van der Waals surface area contributed by atoms with Crippen molar-refractivity contribution in [3.8, 4) is 11.3 Å². The molecule has 4 rings (SSSR count). The maximum atomic E-state index is 4.75. The summed E-state index contributed by atoms with van der Waals surface area (Å²) >= 11 is 1.57. The van der Waals surface area contributed by atoms with E-state index in [2.05, 4.69) is 65.0 Å². The van der Waals surface area contributed by atoms with Crippen LogP contribution in [0.2, 0.25) is 0 Å². The van der Waals surface area contributed by atoms with Crippen LogP contribution in [0.4, 0.5) is 5.13 Å². The molecule has 0 bridgehead atoms. The third kappa shape index (κ3) is 2.65. The van der Waals surface area contributed by atoms with Gasteiger partial charge in [0.15, 0.2) is 0 Å². The van der Waals surface area contributed by atoms with Crippen molar-refractivity contribution in [2.75, 3.05) is 14.1 Å². The molecule has 0 radical (unpaired) electrons.